The molecule has 0 aromatic carbocycles. The number of alkyl halides is 1. The zero-order valence-corrected chi connectivity index (χ0v) is 16.7. The summed E-state index contributed by atoms with van der Waals surface area (Å²) in [7, 11) is 0. The molecule has 5 heterocycles. The van der Waals surface area contributed by atoms with Gasteiger partial charge in [0.05, 0.1) is 18.8 Å². The summed E-state index contributed by atoms with van der Waals surface area (Å²) in [5, 5.41) is 14.7. The van der Waals surface area contributed by atoms with Crippen LogP contribution in [0.25, 0.3) is 16.9 Å². The molecule has 0 amide bonds. The Bertz CT molecular complexity index is 1040. The molecular formula is C20H25FN8O. The van der Waals surface area contributed by atoms with E-state index in [2.05, 4.69) is 30.5 Å². The number of piperidine rings is 1. The highest BCUT2D eigenvalue weighted by molar-refractivity contribution is 5.85. The normalized spacial score (nSPS) is 25.7. The number of H-pyrrole nitrogens is 1. The lowest BCUT2D eigenvalue weighted by Crippen LogP contribution is -2.39. The number of aromatic amines is 1. The molecule has 10 heteroatoms. The maximum absolute atomic E-state index is 14.2. The van der Waals surface area contributed by atoms with E-state index in [-0.39, 0.29) is 12.6 Å². The van der Waals surface area contributed by atoms with Crippen molar-refractivity contribution in [1.82, 2.24) is 29.8 Å². The van der Waals surface area contributed by atoms with Crippen molar-refractivity contribution in [3.63, 3.8) is 0 Å². The number of aromatic nitrogens is 6. The van der Waals surface area contributed by atoms with Crippen molar-refractivity contribution in [2.45, 2.75) is 44.3 Å². The Hall–Kier alpha value is -2.75. The van der Waals surface area contributed by atoms with Gasteiger partial charge in [-0.15, -0.1) is 5.10 Å². The van der Waals surface area contributed by atoms with Crippen LogP contribution in [0.15, 0.2) is 18.7 Å². The summed E-state index contributed by atoms with van der Waals surface area (Å²) in [4.78, 5) is 11.8. The number of rotatable bonds is 4. The first-order valence-corrected chi connectivity index (χ1v) is 10.7. The number of fused-ring (bicyclic) bond motifs is 1. The minimum Gasteiger partial charge on any atom is -0.378 e. The summed E-state index contributed by atoms with van der Waals surface area (Å²) < 4.78 is 21.1. The van der Waals surface area contributed by atoms with Crippen LogP contribution < -0.4 is 10.2 Å². The Morgan fingerprint density at radius 2 is 2.10 bits per heavy atom. The van der Waals surface area contributed by atoms with Gasteiger partial charge in [-0.3, -0.25) is 5.10 Å². The topological polar surface area (TPSA) is 96.3 Å². The molecule has 6 rings (SSSR count). The van der Waals surface area contributed by atoms with E-state index in [4.69, 9.17) is 9.72 Å². The number of halogens is 1. The summed E-state index contributed by atoms with van der Waals surface area (Å²) in [5.74, 6) is 0.424. The molecule has 1 aliphatic carbocycles. The van der Waals surface area contributed by atoms with Gasteiger partial charge in [0, 0.05) is 31.5 Å². The van der Waals surface area contributed by atoms with Gasteiger partial charge in [-0.05, 0) is 37.5 Å². The molecule has 158 valence electrons. The van der Waals surface area contributed by atoms with E-state index in [1.807, 2.05) is 6.20 Å². The largest absolute Gasteiger partial charge is 0.378 e. The minimum absolute atomic E-state index is 0.109. The van der Waals surface area contributed by atoms with Crippen LogP contribution in [0.2, 0.25) is 0 Å². The van der Waals surface area contributed by atoms with Gasteiger partial charge in [0.25, 0.3) is 0 Å². The number of nitrogens with zero attached hydrogens (tertiary/aromatic N) is 6. The average Bonchev–Trinajstić information content (AvgIpc) is 3.16. The van der Waals surface area contributed by atoms with E-state index in [0.29, 0.717) is 24.4 Å². The molecule has 0 unspecified atom stereocenters. The van der Waals surface area contributed by atoms with Gasteiger partial charge < -0.3 is 15.0 Å². The first-order valence-electron chi connectivity index (χ1n) is 10.7. The Morgan fingerprint density at radius 3 is 2.83 bits per heavy atom. The van der Waals surface area contributed by atoms with Crippen molar-refractivity contribution in [3.8, 4) is 11.3 Å². The maximum atomic E-state index is 14.2. The number of ether oxygens (including phenoxy) is 1. The van der Waals surface area contributed by atoms with Gasteiger partial charge in [-0.2, -0.15) is 14.6 Å². The van der Waals surface area contributed by atoms with Crippen LogP contribution in [-0.2, 0) is 4.74 Å². The van der Waals surface area contributed by atoms with Gasteiger partial charge in [0.2, 0.25) is 5.95 Å². The fourth-order valence-electron chi connectivity index (χ4n) is 4.70. The van der Waals surface area contributed by atoms with E-state index < -0.39 is 6.17 Å². The van der Waals surface area contributed by atoms with Crippen molar-refractivity contribution in [2.75, 3.05) is 36.5 Å². The molecule has 3 fully saturated rings. The summed E-state index contributed by atoms with van der Waals surface area (Å²) >= 11 is 0. The van der Waals surface area contributed by atoms with Crippen LogP contribution in [0.3, 0.4) is 0 Å². The van der Waals surface area contributed by atoms with Gasteiger partial charge in [-0.25, -0.2) is 9.37 Å². The standard InChI is InChI=1S/C20H25FN8O/c21-14-11-30-8-1-15(14)25-19-26-18-17(28-6-4-20(2-3-20)5-7-28)16(13-9-23-24-10-13)22-12-29(18)27-19/h9-10,12,14-15H,1-8,11H2,(H,23,24)(H,25,27)/t14-,15+/m1/s1. The quantitative estimate of drug-likeness (QED) is 0.679. The van der Waals surface area contributed by atoms with E-state index in [1.165, 1.54) is 25.7 Å². The smallest absolute Gasteiger partial charge is 0.243 e. The molecule has 1 spiro atoms. The molecule has 3 aromatic heterocycles. The highest BCUT2D eigenvalue weighted by atomic mass is 19.1. The van der Waals surface area contributed by atoms with Crippen molar-refractivity contribution in [2.24, 2.45) is 5.41 Å². The lowest BCUT2D eigenvalue weighted by molar-refractivity contribution is 0.0284. The number of hydrogen-bond acceptors (Lipinski definition) is 7. The van der Waals surface area contributed by atoms with Crippen LogP contribution in [0.1, 0.15) is 32.1 Å². The molecule has 9 nitrogen and oxygen atoms in total. The van der Waals surface area contributed by atoms with Crippen LogP contribution in [-0.4, -0.2) is 68.3 Å². The zero-order valence-electron chi connectivity index (χ0n) is 16.7. The minimum atomic E-state index is -1.07. The van der Waals surface area contributed by atoms with E-state index in [1.54, 1.807) is 17.0 Å². The predicted octanol–water partition coefficient (Wildman–Crippen LogP) is 2.43. The van der Waals surface area contributed by atoms with E-state index >= 15 is 0 Å². The summed E-state index contributed by atoms with van der Waals surface area (Å²) in [5.41, 5.74) is 4.04. The molecule has 1 saturated carbocycles. The molecule has 0 radical (unpaired) electrons. The molecule has 2 saturated heterocycles. The Balaban J connectivity index is 1.38. The Labute approximate surface area is 173 Å². The van der Waals surface area contributed by atoms with Crippen LogP contribution >= 0.6 is 0 Å². The molecule has 2 atom stereocenters. The average molecular weight is 412 g/mol. The second-order valence-corrected chi connectivity index (χ2v) is 8.75. The number of hydrogen-bond donors (Lipinski definition) is 2. The van der Waals surface area contributed by atoms with Crippen molar-refractivity contribution < 1.29 is 9.13 Å². The molecule has 2 N–H and O–H groups in total. The third kappa shape index (κ3) is 3.10. The summed E-state index contributed by atoms with van der Waals surface area (Å²) in [6.07, 6.45) is 9.92. The summed E-state index contributed by atoms with van der Waals surface area (Å²) in [6.45, 7) is 2.61. The predicted molar refractivity (Wildman–Crippen MR) is 109 cm³/mol. The van der Waals surface area contributed by atoms with Crippen molar-refractivity contribution >= 4 is 17.3 Å². The maximum Gasteiger partial charge on any atom is 0.243 e. The lowest BCUT2D eigenvalue weighted by Gasteiger charge is -2.34. The summed E-state index contributed by atoms with van der Waals surface area (Å²) in [6, 6.07) is -0.342. The highest BCUT2D eigenvalue weighted by Crippen LogP contribution is 2.54. The van der Waals surface area contributed by atoms with Gasteiger partial charge in [-0.1, -0.05) is 0 Å². The molecule has 2 aliphatic heterocycles. The van der Waals surface area contributed by atoms with E-state index in [0.717, 1.165) is 35.7 Å². The lowest BCUT2D eigenvalue weighted by atomic mass is 9.93. The van der Waals surface area contributed by atoms with Gasteiger partial charge >= 0.3 is 0 Å². The van der Waals surface area contributed by atoms with Crippen LogP contribution in [0, 0.1) is 5.41 Å². The first kappa shape index (κ1) is 18.1. The molecule has 30 heavy (non-hydrogen) atoms. The molecule has 3 aliphatic rings. The van der Waals surface area contributed by atoms with Crippen LogP contribution in [0.4, 0.5) is 16.0 Å². The monoisotopic (exact) mass is 412 g/mol. The van der Waals surface area contributed by atoms with Gasteiger partial charge in [0.1, 0.15) is 23.9 Å². The zero-order chi connectivity index (χ0) is 20.1. The fourth-order valence-corrected chi connectivity index (χ4v) is 4.70. The highest BCUT2D eigenvalue weighted by Gasteiger charge is 2.45. The Morgan fingerprint density at radius 1 is 1.23 bits per heavy atom. The van der Waals surface area contributed by atoms with Gasteiger partial charge in [0.15, 0.2) is 5.65 Å². The third-order valence-electron chi connectivity index (χ3n) is 6.83. The first-order chi connectivity index (χ1) is 14.7. The fraction of sp³-hybridized carbons (Fsp3) is 0.600. The second-order valence-electron chi connectivity index (χ2n) is 8.75. The Kier molecular flexibility index (Phi) is 4.15. The molecule has 0 bridgehead atoms. The van der Waals surface area contributed by atoms with Crippen LogP contribution in [0.5, 0.6) is 0 Å². The second kappa shape index (κ2) is 6.90. The SMILES string of the molecule is F[C@@H]1COCC[C@@H]1Nc1nc2c(N3CCC4(CC3)CC4)c(-c3cn[nH]c3)ncn2n1. The van der Waals surface area contributed by atoms with Crippen molar-refractivity contribution in [3.05, 3.63) is 18.7 Å². The third-order valence-corrected chi connectivity index (χ3v) is 6.83. The number of anilines is 2. The van der Waals surface area contributed by atoms with E-state index in [9.17, 15) is 4.39 Å². The number of nitrogens with one attached hydrogen (secondary N) is 2. The molecule has 3 aromatic rings. The van der Waals surface area contributed by atoms with Crippen molar-refractivity contribution in [1.29, 1.82) is 0 Å². The molecular weight excluding hydrogens is 387 g/mol.